The quantitative estimate of drug-likeness (QED) is 0.470. The molecule has 0 saturated heterocycles. The van der Waals surface area contributed by atoms with Gasteiger partial charge < -0.3 is 0 Å². The van der Waals surface area contributed by atoms with Gasteiger partial charge in [-0.05, 0) is 11.4 Å². The molecule has 0 N–H and O–H groups in total. The minimum atomic E-state index is -4.84. The van der Waals surface area contributed by atoms with Crippen molar-refractivity contribution in [2.45, 2.75) is 11.1 Å². The first-order valence-corrected chi connectivity index (χ1v) is 7.34. The number of hydrogen-bond acceptors (Lipinski definition) is 7. The third-order valence-corrected chi connectivity index (χ3v) is 4.30. The largest absolute Gasteiger partial charge is 0.729 e. The van der Waals surface area contributed by atoms with Gasteiger partial charge in [-0.25, -0.2) is 0 Å². The molecule has 0 aliphatic rings. The van der Waals surface area contributed by atoms with Crippen LogP contribution in [0, 0.1) is 0 Å². The van der Waals surface area contributed by atoms with Crippen molar-refractivity contribution in [1.29, 1.82) is 0 Å². The third kappa shape index (κ3) is 3.70. The van der Waals surface area contributed by atoms with Crippen LogP contribution >= 0.6 is 19.6 Å². The van der Waals surface area contributed by atoms with Crippen LogP contribution in [-0.2, 0) is 34.4 Å². The highest BCUT2D eigenvalue weighted by Crippen LogP contribution is 2.39. The van der Waals surface area contributed by atoms with Crippen LogP contribution in [-0.4, -0.2) is 15.5 Å². The number of rotatable bonds is 5. The minimum absolute atomic E-state index is 0.180. The number of thiophene rings is 1. The Kier molecular flexibility index (Phi) is 4.81. The first-order chi connectivity index (χ1) is 8.18. The molecular formula is C6H5F3O6PS2+. The van der Waals surface area contributed by atoms with E-state index in [0.717, 1.165) is 12.5 Å². The molecule has 1 rings (SSSR count). The first kappa shape index (κ1) is 15.5. The van der Waals surface area contributed by atoms with Crippen molar-refractivity contribution in [3.63, 3.8) is 0 Å². The molecule has 0 spiro atoms. The van der Waals surface area contributed by atoms with Gasteiger partial charge in [0.05, 0.1) is 11.8 Å². The summed E-state index contributed by atoms with van der Waals surface area (Å²) in [5.41, 5.74) is 0. The smallest absolute Gasteiger partial charge is 0.191 e. The van der Waals surface area contributed by atoms with Crippen molar-refractivity contribution < 1.29 is 39.7 Å². The highest BCUT2D eigenvalue weighted by Gasteiger charge is 2.40. The molecule has 1 aromatic rings. The van der Waals surface area contributed by atoms with Gasteiger partial charge >= 0.3 is 24.5 Å². The Bertz CT molecular complexity index is 536. The Labute approximate surface area is 104 Å². The molecule has 1 aromatic heterocycles. The maximum atomic E-state index is 12.4. The molecule has 0 aromatic carbocycles. The summed E-state index contributed by atoms with van der Waals surface area (Å²) < 4.78 is 82.2. The van der Waals surface area contributed by atoms with E-state index < -0.39 is 34.3 Å². The molecule has 0 fully saturated rings. The highest BCUT2D eigenvalue weighted by atomic mass is 32.2. The van der Waals surface area contributed by atoms with Crippen LogP contribution in [0.2, 0.25) is 0 Å². The van der Waals surface area contributed by atoms with Crippen molar-refractivity contribution in [2.75, 3.05) is 7.11 Å². The summed E-state index contributed by atoms with van der Waals surface area (Å²) >= 11 is 0.180. The van der Waals surface area contributed by atoms with Gasteiger partial charge in [0.1, 0.15) is 9.77 Å². The Balaban J connectivity index is 3.00. The van der Waals surface area contributed by atoms with E-state index in [4.69, 9.17) is 0 Å². The van der Waals surface area contributed by atoms with Gasteiger partial charge in [-0.15, -0.1) is 15.9 Å². The number of halogens is 3. The van der Waals surface area contributed by atoms with Gasteiger partial charge in [-0.3, -0.25) is 0 Å². The Morgan fingerprint density at radius 2 is 2.00 bits per heavy atom. The number of alkyl halides is 3. The SMILES string of the molecule is CO[P+](=O)OOS(=O)(=O)c1ccsc1C(F)(F)F. The molecule has 12 heteroatoms. The summed E-state index contributed by atoms with van der Waals surface area (Å²) in [5, 5.41) is 0.926. The van der Waals surface area contributed by atoms with Crippen molar-refractivity contribution >= 4 is 29.7 Å². The Morgan fingerprint density at radius 3 is 2.50 bits per heavy atom. The van der Waals surface area contributed by atoms with E-state index in [-0.39, 0.29) is 11.3 Å². The van der Waals surface area contributed by atoms with Gasteiger partial charge in [0.25, 0.3) is 0 Å². The van der Waals surface area contributed by atoms with Crippen LogP contribution in [0.3, 0.4) is 0 Å². The van der Waals surface area contributed by atoms with E-state index in [1.54, 1.807) is 0 Å². The zero-order valence-electron chi connectivity index (χ0n) is 8.50. The zero-order chi connectivity index (χ0) is 14.0. The van der Waals surface area contributed by atoms with Crippen LogP contribution in [0.5, 0.6) is 0 Å². The molecule has 0 bridgehead atoms. The van der Waals surface area contributed by atoms with Crippen LogP contribution < -0.4 is 0 Å². The van der Waals surface area contributed by atoms with E-state index in [9.17, 15) is 26.2 Å². The molecule has 1 atom stereocenters. The molecule has 6 nitrogen and oxygen atoms in total. The van der Waals surface area contributed by atoms with E-state index in [1.807, 2.05) is 0 Å². The minimum Gasteiger partial charge on any atom is -0.191 e. The molecule has 0 saturated carbocycles. The normalized spacial score (nSPS) is 13.7. The first-order valence-electron chi connectivity index (χ1n) is 3.96. The van der Waals surface area contributed by atoms with Crippen molar-refractivity contribution in [1.82, 2.24) is 0 Å². The van der Waals surface area contributed by atoms with Crippen molar-refractivity contribution in [3.05, 3.63) is 16.3 Å². The topological polar surface area (TPSA) is 78.9 Å². The maximum Gasteiger partial charge on any atom is 0.729 e. The van der Waals surface area contributed by atoms with E-state index in [0.29, 0.717) is 6.07 Å². The summed E-state index contributed by atoms with van der Waals surface area (Å²) in [6.07, 6.45) is -4.84. The fraction of sp³-hybridized carbons (Fsp3) is 0.333. The maximum absolute atomic E-state index is 12.4. The molecule has 0 aliphatic carbocycles. The Hall–Kier alpha value is -0.580. The summed E-state index contributed by atoms with van der Waals surface area (Å²) in [6.45, 7) is 0. The van der Waals surface area contributed by atoms with E-state index in [2.05, 4.69) is 13.5 Å². The number of hydrogen-bond donors (Lipinski definition) is 0. The molecule has 102 valence electrons. The molecule has 0 radical (unpaired) electrons. The predicted octanol–water partition coefficient (Wildman–Crippen LogP) is 2.71. The molecule has 1 unspecified atom stereocenters. The van der Waals surface area contributed by atoms with Crippen LogP contribution in [0.25, 0.3) is 0 Å². The van der Waals surface area contributed by atoms with Crippen molar-refractivity contribution in [3.8, 4) is 0 Å². The van der Waals surface area contributed by atoms with Gasteiger partial charge in [0.2, 0.25) is 0 Å². The predicted molar refractivity (Wildman–Crippen MR) is 53.3 cm³/mol. The van der Waals surface area contributed by atoms with Gasteiger partial charge in [-0.1, -0.05) is 4.33 Å². The molecule has 0 amide bonds. The molecule has 1 heterocycles. The summed E-state index contributed by atoms with van der Waals surface area (Å²) in [5.74, 6) is 0. The van der Waals surface area contributed by atoms with Crippen LogP contribution in [0.1, 0.15) is 4.88 Å². The molecule has 0 aliphatic heterocycles. The third-order valence-electron chi connectivity index (χ3n) is 1.49. The fourth-order valence-corrected chi connectivity index (χ4v) is 3.26. The second-order valence-corrected chi connectivity index (χ2v) is 5.98. The standard InChI is InChI=1S/C6H5F3O6PS2/c1-13-16(10)14-15-18(11,12)4-2-3-17-5(4)6(7,8)9/h2-3H,1H3/q+1. The van der Waals surface area contributed by atoms with Gasteiger partial charge in [0.15, 0.2) is 0 Å². The van der Waals surface area contributed by atoms with Crippen molar-refractivity contribution in [2.24, 2.45) is 0 Å². The van der Waals surface area contributed by atoms with E-state index in [1.165, 1.54) is 0 Å². The van der Waals surface area contributed by atoms with Gasteiger partial charge in [0, 0.05) is 4.57 Å². The second-order valence-electron chi connectivity index (χ2n) is 2.61. The summed E-state index contributed by atoms with van der Waals surface area (Å²) in [6, 6.07) is 0.700. The highest BCUT2D eigenvalue weighted by molar-refractivity contribution is 7.87. The monoisotopic (exact) mass is 325 g/mol. The lowest BCUT2D eigenvalue weighted by molar-refractivity contribution is -0.137. The van der Waals surface area contributed by atoms with Crippen LogP contribution in [0.4, 0.5) is 13.2 Å². The summed E-state index contributed by atoms with van der Waals surface area (Å²) in [4.78, 5) is -2.47. The molecular weight excluding hydrogens is 320 g/mol. The fourth-order valence-electron chi connectivity index (χ4n) is 0.833. The van der Waals surface area contributed by atoms with Crippen LogP contribution in [0.15, 0.2) is 16.3 Å². The lowest BCUT2D eigenvalue weighted by atomic mass is 10.5. The lowest BCUT2D eigenvalue weighted by Crippen LogP contribution is -2.11. The summed E-state index contributed by atoms with van der Waals surface area (Å²) in [7, 11) is -6.79. The van der Waals surface area contributed by atoms with E-state index >= 15 is 0 Å². The average molecular weight is 325 g/mol. The second kappa shape index (κ2) is 5.59. The van der Waals surface area contributed by atoms with Gasteiger partial charge in [-0.2, -0.15) is 21.6 Å². The lowest BCUT2D eigenvalue weighted by Gasteiger charge is -2.05. The zero-order valence-corrected chi connectivity index (χ0v) is 11.0. The average Bonchev–Trinajstić information content (AvgIpc) is 2.75. The Morgan fingerprint density at radius 1 is 1.39 bits per heavy atom. The molecule has 18 heavy (non-hydrogen) atoms.